The highest BCUT2D eigenvalue weighted by atomic mass is 79.9. The zero-order valence-electron chi connectivity index (χ0n) is 11.9. The molecular formula is C18H17BrN2. The van der Waals surface area contributed by atoms with Crippen molar-refractivity contribution in [1.82, 2.24) is 10.3 Å². The number of benzene rings is 2. The third-order valence-electron chi connectivity index (χ3n) is 3.69. The average molecular weight is 341 g/mol. The van der Waals surface area contributed by atoms with Crippen molar-refractivity contribution in [3.8, 4) is 0 Å². The zero-order valence-corrected chi connectivity index (χ0v) is 13.5. The first-order valence-electron chi connectivity index (χ1n) is 7.04. The molecule has 1 N–H and O–H groups in total. The molecule has 0 saturated carbocycles. The van der Waals surface area contributed by atoms with Crippen LogP contribution in [0.3, 0.4) is 0 Å². The summed E-state index contributed by atoms with van der Waals surface area (Å²) in [5, 5.41) is 5.99. The summed E-state index contributed by atoms with van der Waals surface area (Å²) in [7, 11) is 0. The van der Waals surface area contributed by atoms with Crippen LogP contribution in [0.4, 0.5) is 0 Å². The van der Waals surface area contributed by atoms with Gasteiger partial charge in [0.1, 0.15) is 0 Å². The quantitative estimate of drug-likeness (QED) is 0.734. The molecule has 1 atom stereocenters. The molecule has 0 fully saturated rings. The summed E-state index contributed by atoms with van der Waals surface area (Å²) >= 11 is 3.47. The molecule has 2 nitrogen and oxygen atoms in total. The first-order chi connectivity index (χ1) is 10.2. The maximum atomic E-state index is 4.14. The lowest BCUT2D eigenvalue weighted by atomic mass is 10.1. The summed E-state index contributed by atoms with van der Waals surface area (Å²) in [6, 6.07) is 17.3. The van der Waals surface area contributed by atoms with Crippen LogP contribution in [0.5, 0.6) is 0 Å². The molecular weight excluding hydrogens is 324 g/mol. The first kappa shape index (κ1) is 14.2. The molecule has 3 rings (SSSR count). The molecule has 0 spiro atoms. The van der Waals surface area contributed by atoms with Gasteiger partial charge < -0.3 is 5.32 Å². The fourth-order valence-corrected chi connectivity index (χ4v) is 2.65. The van der Waals surface area contributed by atoms with Crippen LogP contribution in [0, 0.1) is 0 Å². The van der Waals surface area contributed by atoms with Crippen molar-refractivity contribution in [1.29, 1.82) is 0 Å². The second kappa shape index (κ2) is 6.37. The molecule has 1 aromatic heterocycles. The number of rotatable bonds is 4. The summed E-state index contributed by atoms with van der Waals surface area (Å²) in [5.41, 5.74) is 2.58. The normalized spacial score (nSPS) is 12.5. The number of aromatic nitrogens is 1. The molecule has 106 valence electrons. The smallest absolute Gasteiger partial charge is 0.0346 e. The third kappa shape index (κ3) is 3.49. The molecule has 0 aliphatic rings. The Balaban J connectivity index is 1.69. The van der Waals surface area contributed by atoms with Crippen LogP contribution in [0.2, 0.25) is 0 Å². The molecule has 1 unspecified atom stereocenters. The van der Waals surface area contributed by atoms with E-state index in [4.69, 9.17) is 0 Å². The SMILES string of the molecule is CC(NCc1ccc2cnccc2c1)c1ccc(Br)cc1. The molecule has 3 aromatic rings. The molecule has 0 aliphatic carbocycles. The van der Waals surface area contributed by atoms with Gasteiger partial charge in [-0.2, -0.15) is 0 Å². The molecule has 3 heteroatoms. The summed E-state index contributed by atoms with van der Waals surface area (Å²) < 4.78 is 1.11. The number of halogens is 1. The number of fused-ring (bicyclic) bond motifs is 1. The van der Waals surface area contributed by atoms with Crippen molar-refractivity contribution >= 4 is 26.7 Å². The molecule has 0 saturated heterocycles. The number of pyridine rings is 1. The summed E-state index contributed by atoms with van der Waals surface area (Å²) in [4.78, 5) is 4.14. The monoisotopic (exact) mass is 340 g/mol. The van der Waals surface area contributed by atoms with Gasteiger partial charge in [-0.1, -0.05) is 40.2 Å². The van der Waals surface area contributed by atoms with Crippen LogP contribution >= 0.6 is 15.9 Å². The topological polar surface area (TPSA) is 24.9 Å². The van der Waals surface area contributed by atoms with E-state index >= 15 is 0 Å². The van der Waals surface area contributed by atoms with E-state index in [1.165, 1.54) is 21.9 Å². The molecule has 0 radical (unpaired) electrons. The summed E-state index contributed by atoms with van der Waals surface area (Å²) in [6.45, 7) is 3.05. The Morgan fingerprint density at radius 1 is 1.05 bits per heavy atom. The Hall–Kier alpha value is -1.71. The first-order valence-corrected chi connectivity index (χ1v) is 7.83. The van der Waals surface area contributed by atoms with Gasteiger partial charge in [-0.3, -0.25) is 4.98 Å². The van der Waals surface area contributed by atoms with Gasteiger partial charge in [0.25, 0.3) is 0 Å². The Bertz CT molecular complexity index is 738. The van der Waals surface area contributed by atoms with Crippen LogP contribution < -0.4 is 5.32 Å². The minimum atomic E-state index is 0.325. The second-order valence-electron chi connectivity index (χ2n) is 5.21. The van der Waals surface area contributed by atoms with E-state index in [1.807, 2.05) is 12.4 Å². The van der Waals surface area contributed by atoms with Gasteiger partial charge in [0.15, 0.2) is 0 Å². The van der Waals surface area contributed by atoms with E-state index in [2.05, 4.69) is 81.7 Å². The highest BCUT2D eigenvalue weighted by Crippen LogP contribution is 2.18. The van der Waals surface area contributed by atoms with Crippen LogP contribution in [0.15, 0.2) is 65.4 Å². The van der Waals surface area contributed by atoms with E-state index < -0.39 is 0 Å². The van der Waals surface area contributed by atoms with Crippen LogP contribution in [-0.4, -0.2) is 4.98 Å². The van der Waals surface area contributed by atoms with Crippen molar-refractivity contribution < 1.29 is 0 Å². The van der Waals surface area contributed by atoms with Gasteiger partial charge in [0.2, 0.25) is 0 Å². The zero-order chi connectivity index (χ0) is 14.7. The van der Waals surface area contributed by atoms with Crippen molar-refractivity contribution in [2.45, 2.75) is 19.5 Å². The largest absolute Gasteiger partial charge is 0.306 e. The maximum absolute atomic E-state index is 4.14. The predicted octanol–water partition coefficient (Wildman–Crippen LogP) is 4.85. The predicted molar refractivity (Wildman–Crippen MR) is 91.1 cm³/mol. The van der Waals surface area contributed by atoms with E-state index in [0.717, 1.165) is 11.0 Å². The summed E-state index contributed by atoms with van der Waals surface area (Å²) in [6.07, 6.45) is 3.74. The van der Waals surface area contributed by atoms with E-state index in [-0.39, 0.29) is 0 Å². The molecule has 21 heavy (non-hydrogen) atoms. The Kier molecular flexibility index (Phi) is 4.32. The Labute approximate surface area is 133 Å². The maximum Gasteiger partial charge on any atom is 0.0346 e. The second-order valence-corrected chi connectivity index (χ2v) is 6.13. The highest BCUT2D eigenvalue weighted by molar-refractivity contribution is 9.10. The fraction of sp³-hybridized carbons (Fsp3) is 0.167. The average Bonchev–Trinajstić information content (AvgIpc) is 2.53. The van der Waals surface area contributed by atoms with Crippen LogP contribution in [-0.2, 0) is 6.54 Å². The minimum absolute atomic E-state index is 0.325. The van der Waals surface area contributed by atoms with Gasteiger partial charge in [-0.15, -0.1) is 0 Å². The fourth-order valence-electron chi connectivity index (χ4n) is 2.38. The van der Waals surface area contributed by atoms with Crippen molar-refractivity contribution in [3.05, 3.63) is 76.5 Å². The van der Waals surface area contributed by atoms with Crippen LogP contribution in [0.25, 0.3) is 10.8 Å². The molecule has 0 amide bonds. The van der Waals surface area contributed by atoms with E-state index in [1.54, 1.807) is 0 Å². The third-order valence-corrected chi connectivity index (χ3v) is 4.22. The molecule has 0 bridgehead atoms. The Morgan fingerprint density at radius 3 is 2.67 bits per heavy atom. The van der Waals surface area contributed by atoms with Gasteiger partial charge in [0.05, 0.1) is 0 Å². The number of nitrogens with zero attached hydrogens (tertiary/aromatic N) is 1. The standard InChI is InChI=1S/C18H17BrN2/c1-13(15-4-6-18(19)7-5-15)21-11-14-2-3-17-12-20-9-8-16(17)10-14/h2-10,12-13,21H,11H2,1H3. The lowest BCUT2D eigenvalue weighted by Crippen LogP contribution is -2.17. The van der Waals surface area contributed by atoms with Gasteiger partial charge in [-0.25, -0.2) is 0 Å². The van der Waals surface area contributed by atoms with Crippen LogP contribution in [0.1, 0.15) is 24.1 Å². The van der Waals surface area contributed by atoms with Crippen molar-refractivity contribution in [2.75, 3.05) is 0 Å². The van der Waals surface area contributed by atoms with Gasteiger partial charge in [-0.05, 0) is 47.7 Å². The summed E-state index contributed by atoms with van der Waals surface area (Å²) in [5.74, 6) is 0. The highest BCUT2D eigenvalue weighted by Gasteiger charge is 2.05. The number of nitrogens with one attached hydrogen (secondary N) is 1. The van der Waals surface area contributed by atoms with E-state index in [0.29, 0.717) is 6.04 Å². The van der Waals surface area contributed by atoms with Crippen molar-refractivity contribution in [3.63, 3.8) is 0 Å². The van der Waals surface area contributed by atoms with Gasteiger partial charge >= 0.3 is 0 Å². The van der Waals surface area contributed by atoms with E-state index in [9.17, 15) is 0 Å². The minimum Gasteiger partial charge on any atom is -0.306 e. The lowest BCUT2D eigenvalue weighted by molar-refractivity contribution is 0.575. The molecule has 0 aliphatic heterocycles. The Morgan fingerprint density at radius 2 is 1.86 bits per heavy atom. The number of hydrogen-bond donors (Lipinski definition) is 1. The molecule has 1 heterocycles. The van der Waals surface area contributed by atoms with Crippen molar-refractivity contribution in [2.24, 2.45) is 0 Å². The van der Waals surface area contributed by atoms with Gasteiger partial charge in [0, 0.05) is 34.8 Å². The molecule has 2 aromatic carbocycles. The number of hydrogen-bond acceptors (Lipinski definition) is 2. The lowest BCUT2D eigenvalue weighted by Gasteiger charge is -2.14.